The van der Waals surface area contributed by atoms with Crippen LogP contribution >= 0.6 is 0 Å². The lowest BCUT2D eigenvalue weighted by Gasteiger charge is -2.13. The Hall–Kier alpha value is -2.05. The lowest BCUT2D eigenvalue weighted by Crippen LogP contribution is -2.31. The number of rotatable bonds is 7. The molecule has 1 rings (SSSR count). The number of nitrogens with one attached hydrogen (secondary N) is 1. The number of alkyl halides is 3. The van der Waals surface area contributed by atoms with Gasteiger partial charge in [-0.2, -0.15) is 13.2 Å². The van der Waals surface area contributed by atoms with Crippen molar-refractivity contribution in [3.05, 3.63) is 35.4 Å². The maximum absolute atomic E-state index is 12.6. The van der Waals surface area contributed by atoms with E-state index in [4.69, 9.17) is 5.11 Å². The molecule has 2 N–H and O–H groups in total. The Labute approximate surface area is 126 Å². The summed E-state index contributed by atoms with van der Waals surface area (Å²) in [7, 11) is 0. The van der Waals surface area contributed by atoms with Crippen LogP contribution in [0.3, 0.4) is 0 Å². The lowest BCUT2D eigenvalue weighted by atomic mass is 9.98. The van der Waals surface area contributed by atoms with Gasteiger partial charge >= 0.3 is 12.1 Å². The molecule has 1 amide bonds. The van der Waals surface area contributed by atoms with Crippen molar-refractivity contribution in [2.45, 2.75) is 32.4 Å². The monoisotopic (exact) mass is 317 g/mol. The van der Waals surface area contributed by atoms with Crippen molar-refractivity contribution < 1.29 is 27.9 Å². The Morgan fingerprint density at radius 3 is 2.59 bits per heavy atom. The summed E-state index contributed by atoms with van der Waals surface area (Å²) >= 11 is 0. The summed E-state index contributed by atoms with van der Waals surface area (Å²) in [6, 6.07) is 4.88. The van der Waals surface area contributed by atoms with E-state index in [9.17, 15) is 22.8 Å². The van der Waals surface area contributed by atoms with E-state index in [1.54, 1.807) is 13.0 Å². The second-order valence-electron chi connectivity index (χ2n) is 5.09. The third-order valence-electron chi connectivity index (χ3n) is 3.11. The SMILES string of the molecule is CC(Cc1cccc(C(F)(F)F)c1)C(=O)NCCCC(=O)O. The van der Waals surface area contributed by atoms with Crippen molar-refractivity contribution in [3.63, 3.8) is 0 Å². The van der Waals surface area contributed by atoms with Crippen LogP contribution in [0.2, 0.25) is 0 Å². The number of amides is 1. The van der Waals surface area contributed by atoms with Crippen LogP contribution in [0, 0.1) is 5.92 Å². The number of benzene rings is 1. The Balaban J connectivity index is 2.52. The molecule has 0 aliphatic carbocycles. The van der Waals surface area contributed by atoms with Gasteiger partial charge in [0.15, 0.2) is 0 Å². The van der Waals surface area contributed by atoms with Crippen LogP contribution < -0.4 is 5.32 Å². The van der Waals surface area contributed by atoms with Crippen molar-refractivity contribution in [3.8, 4) is 0 Å². The fourth-order valence-corrected chi connectivity index (χ4v) is 1.95. The van der Waals surface area contributed by atoms with Gasteiger partial charge in [-0.3, -0.25) is 9.59 Å². The number of aliphatic carboxylic acids is 1. The summed E-state index contributed by atoms with van der Waals surface area (Å²) < 4.78 is 37.8. The van der Waals surface area contributed by atoms with E-state index in [-0.39, 0.29) is 25.3 Å². The zero-order chi connectivity index (χ0) is 16.8. The van der Waals surface area contributed by atoms with E-state index in [1.807, 2.05) is 0 Å². The van der Waals surface area contributed by atoms with Crippen LogP contribution in [-0.2, 0) is 22.2 Å². The predicted octanol–water partition coefficient (Wildman–Crippen LogP) is 2.87. The molecule has 4 nitrogen and oxygen atoms in total. The topological polar surface area (TPSA) is 66.4 Å². The van der Waals surface area contributed by atoms with Gasteiger partial charge in [-0.25, -0.2) is 0 Å². The fraction of sp³-hybridized carbons (Fsp3) is 0.467. The highest BCUT2D eigenvalue weighted by Crippen LogP contribution is 2.29. The molecular formula is C15H18F3NO3. The second-order valence-corrected chi connectivity index (χ2v) is 5.09. The molecule has 1 aromatic rings. The van der Waals surface area contributed by atoms with E-state index in [0.29, 0.717) is 12.0 Å². The zero-order valence-corrected chi connectivity index (χ0v) is 12.1. The molecule has 0 spiro atoms. The number of carbonyl (C=O) groups excluding carboxylic acids is 1. The van der Waals surface area contributed by atoms with Crippen LogP contribution in [0.5, 0.6) is 0 Å². The maximum Gasteiger partial charge on any atom is 0.416 e. The Morgan fingerprint density at radius 2 is 2.00 bits per heavy atom. The first kappa shape index (κ1) is 18.0. The van der Waals surface area contributed by atoms with E-state index in [1.165, 1.54) is 6.07 Å². The number of halogens is 3. The van der Waals surface area contributed by atoms with E-state index in [0.717, 1.165) is 12.1 Å². The highest BCUT2D eigenvalue weighted by molar-refractivity contribution is 5.78. The number of hydrogen-bond donors (Lipinski definition) is 2. The van der Waals surface area contributed by atoms with Crippen molar-refractivity contribution in [2.24, 2.45) is 5.92 Å². The summed E-state index contributed by atoms with van der Waals surface area (Å²) in [4.78, 5) is 22.1. The largest absolute Gasteiger partial charge is 0.481 e. The Bertz CT molecular complexity index is 529. The van der Waals surface area contributed by atoms with Gasteiger partial charge in [0.25, 0.3) is 0 Å². The van der Waals surface area contributed by atoms with Gasteiger partial charge in [0.05, 0.1) is 5.56 Å². The van der Waals surface area contributed by atoms with Crippen LogP contribution in [0.15, 0.2) is 24.3 Å². The van der Waals surface area contributed by atoms with E-state index < -0.39 is 23.6 Å². The minimum Gasteiger partial charge on any atom is -0.481 e. The molecule has 1 unspecified atom stereocenters. The molecule has 7 heteroatoms. The first-order valence-corrected chi connectivity index (χ1v) is 6.86. The summed E-state index contributed by atoms with van der Waals surface area (Å²) in [6.45, 7) is 1.85. The third-order valence-corrected chi connectivity index (χ3v) is 3.11. The molecule has 1 aromatic carbocycles. The minimum atomic E-state index is -4.40. The number of carboxylic acid groups (broad SMARTS) is 1. The average Bonchev–Trinajstić information content (AvgIpc) is 2.42. The first-order chi connectivity index (χ1) is 10.2. The summed E-state index contributed by atoms with van der Waals surface area (Å²) in [5.74, 6) is -1.73. The summed E-state index contributed by atoms with van der Waals surface area (Å²) in [6.07, 6.45) is -3.94. The summed E-state index contributed by atoms with van der Waals surface area (Å²) in [5, 5.41) is 11.0. The molecule has 0 heterocycles. The van der Waals surface area contributed by atoms with Gasteiger partial charge in [-0.15, -0.1) is 0 Å². The Kier molecular flexibility index (Phi) is 6.39. The van der Waals surface area contributed by atoms with Crippen molar-refractivity contribution >= 4 is 11.9 Å². The number of carboxylic acids is 1. The van der Waals surface area contributed by atoms with E-state index >= 15 is 0 Å². The van der Waals surface area contributed by atoms with Crippen LogP contribution in [0.25, 0.3) is 0 Å². The maximum atomic E-state index is 12.6. The van der Waals surface area contributed by atoms with Crippen LogP contribution in [-0.4, -0.2) is 23.5 Å². The molecule has 0 saturated heterocycles. The van der Waals surface area contributed by atoms with Crippen LogP contribution in [0.4, 0.5) is 13.2 Å². The third kappa shape index (κ3) is 6.15. The molecule has 122 valence electrons. The van der Waals surface area contributed by atoms with Crippen LogP contribution in [0.1, 0.15) is 30.9 Å². The van der Waals surface area contributed by atoms with Gasteiger partial charge in [-0.1, -0.05) is 25.1 Å². The molecule has 22 heavy (non-hydrogen) atoms. The van der Waals surface area contributed by atoms with Crippen molar-refractivity contribution in [1.82, 2.24) is 5.32 Å². The molecular weight excluding hydrogens is 299 g/mol. The number of hydrogen-bond acceptors (Lipinski definition) is 2. The molecule has 0 radical (unpaired) electrons. The minimum absolute atomic E-state index is 0.0394. The number of carbonyl (C=O) groups is 2. The highest BCUT2D eigenvalue weighted by Gasteiger charge is 2.30. The standard InChI is InChI=1S/C15H18F3NO3/c1-10(14(22)19-7-3-6-13(20)21)8-11-4-2-5-12(9-11)15(16,17)18/h2,4-5,9-10H,3,6-8H2,1H3,(H,19,22)(H,20,21). The average molecular weight is 317 g/mol. The Morgan fingerprint density at radius 1 is 1.32 bits per heavy atom. The van der Waals surface area contributed by atoms with Gasteiger partial charge < -0.3 is 10.4 Å². The quantitative estimate of drug-likeness (QED) is 0.760. The van der Waals surface area contributed by atoms with Gasteiger partial charge in [0.1, 0.15) is 0 Å². The molecule has 0 saturated carbocycles. The lowest BCUT2D eigenvalue weighted by molar-refractivity contribution is -0.138. The molecule has 0 bridgehead atoms. The first-order valence-electron chi connectivity index (χ1n) is 6.86. The zero-order valence-electron chi connectivity index (χ0n) is 12.1. The fourth-order valence-electron chi connectivity index (χ4n) is 1.95. The molecule has 0 aromatic heterocycles. The molecule has 0 fully saturated rings. The van der Waals surface area contributed by atoms with Crippen molar-refractivity contribution in [1.29, 1.82) is 0 Å². The van der Waals surface area contributed by atoms with Gasteiger partial charge in [0.2, 0.25) is 5.91 Å². The second kappa shape index (κ2) is 7.82. The molecule has 0 aliphatic rings. The van der Waals surface area contributed by atoms with Crippen molar-refractivity contribution in [2.75, 3.05) is 6.54 Å². The summed E-state index contributed by atoms with van der Waals surface area (Å²) in [5.41, 5.74) is -0.304. The van der Waals surface area contributed by atoms with Gasteiger partial charge in [0, 0.05) is 18.9 Å². The molecule has 0 aliphatic heterocycles. The smallest absolute Gasteiger partial charge is 0.416 e. The van der Waals surface area contributed by atoms with Gasteiger partial charge in [-0.05, 0) is 24.5 Å². The highest BCUT2D eigenvalue weighted by atomic mass is 19.4. The molecule has 1 atom stereocenters. The van der Waals surface area contributed by atoms with E-state index in [2.05, 4.69) is 5.32 Å². The normalized spacial score (nSPS) is 12.7. The predicted molar refractivity (Wildman–Crippen MR) is 74.2 cm³/mol.